The maximum absolute atomic E-state index is 12.8. The van der Waals surface area contributed by atoms with Crippen LogP contribution in [0.1, 0.15) is 19.8 Å². The maximum atomic E-state index is 12.8. The Bertz CT molecular complexity index is 812. The molecule has 1 aliphatic heterocycles. The second kappa shape index (κ2) is 8.09. The number of nitrogens with two attached hydrogens (primary N) is 1. The summed E-state index contributed by atoms with van der Waals surface area (Å²) in [5.41, 5.74) is 6.23. The van der Waals surface area contributed by atoms with Crippen LogP contribution in [0.25, 0.3) is 5.69 Å². The lowest BCUT2D eigenvalue weighted by atomic mass is 9.97. The second-order valence-corrected chi connectivity index (χ2v) is 7.99. The van der Waals surface area contributed by atoms with Crippen LogP contribution in [0.4, 0.5) is 0 Å². The molecule has 2 N–H and O–H groups in total. The number of carbonyl (C=O) groups excluding carboxylic acids is 2. The van der Waals surface area contributed by atoms with Crippen molar-refractivity contribution >= 4 is 35.2 Å². The van der Waals surface area contributed by atoms with Gasteiger partial charge < -0.3 is 10.6 Å². The minimum Gasteiger partial charge on any atom is -0.369 e. The zero-order valence-corrected chi connectivity index (χ0v) is 15.9. The van der Waals surface area contributed by atoms with Gasteiger partial charge in [0.2, 0.25) is 11.8 Å². The van der Waals surface area contributed by atoms with E-state index in [1.54, 1.807) is 21.9 Å². The van der Waals surface area contributed by atoms with Gasteiger partial charge in [-0.05, 0) is 38.0 Å². The number of amides is 2. The number of rotatable bonds is 5. The number of carbonyl (C=O) groups is 2. The number of likely N-dealkylation sites (tertiary alicyclic amines) is 1. The monoisotopic (exact) mass is 393 g/mol. The van der Waals surface area contributed by atoms with Gasteiger partial charge in [-0.1, -0.05) is 29.4 Å². The summed E-state index contributed by atoms with van der Waals surface area (Å²) in [7, 11) is 0. The molecule has 1 aliphatic rings. The number of piperidine rings is 1. The van der Waals surface area contributed by atoms with E-state index < -0.39 is 0 Å². The molecular weight excluding hydrogens is 374 g/mol. The number of hydrogen-bond acceptors (Lipinski definition) is 5. The molecule has 0 bridgehead atoms. The molecule has 0 aliphatic carbocycles. The van der Waals surface area contributed by atoms with Gasteiger partial charge in [0, 0.05) is 18.1 Å². The number of halogens is 1. The molecule has 7 nitrogen and oxygen atoms in total. The van der Waals surface area contributed by atoms with Gasteiger partial charge in [0.15, 0.2) is 5.16 Å². The summed E-state index contributed by atoms with van der Waals surface area (Å²) in [4.78, 5) is 25.9. The van der Waals surface area contributed by atoms with Crippen LogP contribution in [0.3, 0.4) is 0 Å². The fourth-order valence-corrected chi connectivity index (χ4v) is 4.09. The van der Waals surface area contributed by atoms with Crippen LogP contribution in [0.2, 0.25) is 5.02 Å². The molecule has 138 valence electrons. The highest BCUT2D eigenvalue weighted by Gasteiger charge is 2.30. The summed E-state index contributed by atoms with van der Waals surface area (Å²) >= 11 is 7.38. The zero-order valence-electron chi connectivity index (χ0n) is 14.3. The first-order valence-corrected chi connectivity index (χ1v) is 9.62. The first-order chi connectivity index (χ1) is 12.5. The number of primary amides is 1. The molecule has 2 atom stereocenters. The molecule has 1 fully saturated rings. The summed E-state index contributed by atoms with van der Waals surface area (Å²) in [5.74, 6) is -0.634. The van der Waals surface area contributed by atoms with Crippen molar-refractivity contribution in [2.75, 3.05) is 13.1 Å². The molecule has 2 amide bonds. The minimum atomic E-state index is -0.358. The smallest absolute Gasteiger partial charge is 0.235 e. The number of hydrogen-bond donors (Lipinski definition) is 1. The van der Waals surface area contributed by atoms with Crippen LogP contribution in [-0.4, -0.2) is 49.8 Å². The normalized spacial score (nSPS) is 18.5. The van der Waals surface area contributed by atoms with Crippen LogP contribution >= 0.6 is 23.4 Å². The van der Waals surface area contributed by atoms with Crippen LogP contribution < -0.4 is 5.73 Å². The van der Waals surface area contributed by atoms with Crippen LogP contribution in [0.5, 0.6) is 0 Å². The Kier molecular flexibility index (Phi) is 5.83. The van der Waals surface area contributed by atoms with Crippen LogP contribution in [-0.2, 0) is 9.59 Å². The molecule has 1 aromatic heterocycles. The van der Waals surface area contributed by atoms with Crippen molar-refractivity contribution in [1.82, 2.24) is 19.7 Å². The lowest BCUT2D eigenvalue weighted by molar-refractivity contribution is -0.134. The van der Waals surface area contributed by atoms with Gasteiger partial charge in [-0.2, -0.15) is 0 Å². The van der Waals surface area contributed by atoms with E-state index in [1.165, 1.54) is 11.8 Å². The Morgan fingerprint density at radius 2 is 2.23 bits per heavy atom. The maximum Gasteiger partial charge on any atom is 0.235 e. The van der Waals surface area contributed by atoms with Crippen LogP contribution in [0, 0.1) is 5.92 Å². The highest BCUT2D eigenvalue weighted by Crippen LogP contribution is 2.27. The topological polar surface area (TPSA) is 94.1 Å². The average molecular weight is 394 g/mol. The molecule has 2 heterocycles. The predicted molar refractivity (Wildman–Crippen MR) is 100 cm³/mol. The highest BCUT2D eigenvalue weighted by molar-refractivity contribution is 8.00. The molecule has 26 heavy (non-hydrogen) atoms. The highest BCUT2D eigenvalue weighted by atomic mass is 35.5. The molecule has 0 radical (unpaired) electrons. The largest absolute Gasteiger partial charge is 0.369 e. The molecule has 1 aromatic carbocycles. The Morgan fingerprint density at radius 3 is 2.96 bits per heavy atom. The van der Waals surface area contributed by atoms with E-state index in [1.807, 2.05) is 25.1 Å². The lowest BCUT2D eigenvalue weighted by Crippen LogP contribution is -2.46. The Hall–Kier alpha value is -2.06. The SMILES string of the molecule is CC(Sc1nncn1-c1cccc(Cl)c1)C(=O)N1CCCC(C(N)=O)C1. The first kappa shape index (κ1) is 18.7. The van der Waals surface area contributed by atoms with Crippen molar-refractivity contribution in [3.8, 4) is 5.69 Å². The predicted octanol–water partition coefficient (Wildman–Crippen LogP) is 2.13. The van der Waals surface area contributed by atoms with Crippen molar-refractivity contribution in [3.05, 3.63) is 35.6 Å². The van der Waals surface area contributed by atoms with Crippen molar-refractivity contribution in [1.29, 1.82) is 0 Å². The van der Waals surface area contributed by atoms with Crippen LogP contribution in [0.15, 0.2) is 35.7 Å². The van der Waals surface area contributed by atoms with Gasteiger partial charge in [-0.15, -0.1) is 10.2 Å². The summed E-state index contributed by atoms with van der Waals surface area (Å²) < 4.78 is 1.79. The van der Waals surface area contributed by atoms with E-state index in [0.717, 1.165) is 18.5 Å². The number of nitrogens with zero attached hydrogens (tertiary/aromatic N) is 4. The Labute approximate surface area is 160 Å². The van der Waals surface area contributed by atoms with Gasteiger partial charge in [0.05, 0.1) is 16.9 Å². The van der Waals surface area contributed by atoms with E-state index in [9.17, 15) is 9.59 Å². The molecule has 3 rings (SSSR count). The average Bonchev–Trinajstić information content (AvgIpc) is 3.09. The number of aromatic nitrogens is 3. The van der Waals surface area contributed by atoms with E-state index >= 15 is 0 Å². The number of benzene rings is 1. The van der Waals surface area contributed by atoms with Gasteiger partial charge in [0.25, 0.3) is 0 Å². The molecule has 0 spiro atoms. The number of thioether (sulfide) groups is 1. The van der Waals surface area contributed by atoms with Crippen molar-refractivity contribution in [2.24, 2.45) is 11.7 Å². The van der Waals surface area contributed by atoms with E-state index in [4.69, 9.17) is 17.3 Å². The van der Waals surface area contributed by atoms with E-state index in [-0.39, 0.29) is 23.0 Å². The fraction of sp³-hybridized carbons (Fsp3) is 0.412. The molecule has 2 unspecified atom stereocenters. The first-order valence-electron chi connectivity index (χ1n) is 8.36. The van der Waals surface area contributed by atoms with Gasteiger partial charge in [0.1, 0.15) is 6.33 Å². The lowest BCUT2D eigenvalue weighted by Gasteiger charge is -2.32. The summed E-state index contributed by atoms with van der Waals surface area (Å²) in [6.07, 6.45) is 3.12. The third-order valence-corrected chi connectivity index (χ3v) is 5.65. The van der Waals surface area contributed by atoms with E-state index in [0.29, 0.717) is 23.3 Å². The fourth-order valence-electron chi connectivity index (χ4n) is 2.98. The summed E-state index contributed by atoms with van der Waals surface area (Å²) in [5, 5.41) is 8.94. The molecule has 2 aromatic rings. The third-order valence-electron chi connectivity index (χ3n) is 4.37. The third kappa shape index (κ3) is 4.19. The van der Waals surface area contributed by atoms with Gasteiger partial charge >= 0.3 is 0 Å². The zero-order chi connectivity index (χ0) is 18.7. The Morgan fingerprint density at radius 1 is 1.42 bits per heavy atom. The minimum absolute atomic E-state index is 0.0263. The summed E-state index contributed by atoms with van der Waals surface area (Å²) in [6, 6.07) is 7.34. The molecule has 0 saturated carbocycles. The second-order valence-electron chi connectivity index (χ2n) is 6.25. The standard InChI is InChI=1S/C17H20ClN5O2S/c1-11(16(25)22-7-3-4-12(9-22)15(19)24)26-17-21-20-10-23(17)14-6-2-5-13(18)8-14/h2,5-6,8,10-12H,3-4,7,9H2,1H3,(H2,19,24). The van der Waals surface area contributed by atoms with Crippen molar-refractivity contribution < 1.29 is 9.59 Å². The molecule has 9 heteroatoms. The molecule has 1 saturated heterocycles. The Balaban J connectivity index is 1.70. The quantitative estimate of drug-likeness (QED) is 0.785. The summed E-state index contributed by atoms with van der Waals surface area (Å²) in [6.45, 7) is 2.87. The van der Waals surface area contributed by atoms with E-state index in [2.05, 4.69) is 10.2 Å². The molecular formula is C17H20ClN5O2S. The van der Waals surface area contributed by atoms with Crippen molar-refractivity contribution in [3.63, 3.8) is 0 Å². The van der Waals surface area contributed by atoms with Gasteiger partial charge in [-0.3, -0.25) is 14.2 Å². The van der Waals surface area contributed by atoms with Gasteiger partial charge in [-0.25, -0.2) is 0 Å². The van der Waals surface area contributed by atoms with Crippen molar-refractivity contribution in [2.45, 2.75) is 30.2 Å².